The van der Waals surface area contributed by atoms with Crippen LogP contribution in [-0.2, 0) is 4.74 Å². The summed E-state index contributed by atoms with van der Waals surface area (Å²) in [5, 5.41) is 2.94. The van der Waals surface area contributed by atoms with Gasteiger partial charge in [-0.1, -0.05) is 0 Å². The number of anilines is 2. The van der Waals surface area contributed by atoms with Crippen molar-refractivity contribution in [2.24, 2.45) is 0 Å². The van der Waals surface area contributed by atoms with Gasteiger partial charge in [0.05, 0.1) is 19.0 Å². The molecule has 2 aromatic heterocycles. The van der Waals surface area contributed by atoms with E-state index in [9.17, 15) is 0 Å². The fourth-order valence-electron chi connectivity index (χ4n) is 1.74. The number of imidazole rings is 1. The molecule has 0 bridgehead atoms. The van der Waals surface area contributed by atoms with E-state index in [2.05, 4.69) is 25.3 Å². The van der Waals surface area contributed by atoms with Crippen molar-refractivity contribution in [1.82, 2.24) is 19.9 Å². The highest BCUT2D eigenvalue weighted by Gasteiger charge is 2.13. The van der Waals surface area contributed by atoms with E-state index in [1.165, 1.54) is 0 Å². The molecule has 104 valence electrons. The molecule has 0 radical (unpaired) electrons. The fourth-order valence-corrected chi connectivity index (χ4v) is 1.74. The largest absolute Gasteiger partial charge is 0.377 e. The highest BCUT2D eigenvalue weighted by molar-refractivity contribution is 5.84. The molecule has 2 heterocycles. The van der Waals surface area contributed by atoms with Crippen molar-refractivity contribution in [2.45, 2.75) is 20.0 Å². The topological polar surface area (TPSA) is 79.0 Å². The molecule has 0 aromatic carbocycles. The molecular weight excluding hydrogens is 244 g/mol. The van der Waals surface area contributed by atoms with Crippen molar-refractivity contribution in [1.29, 1.82) is 0 Å². The number of nitrogens with zero attached hydrogens (tertiary/aromatic N) is 4. The van der Waals surface area contributed by atoms with Gasteiger partial charge < -0.3 is 19.9 Å². The predicted octanol–water partition coefficient (Wildman–Crippen LogP) is 1.26. The van der Waals surface area contributed by atoms with Crippen LogP contribution in [0.1, 0.15) is 13.8 Å². The molecule has 0 unspecified atom stereocenters. The van der Waals surface area contributed by atoms with E-state index in [1.807, 2.05) is 25.8 Å². The molecular formula is C12H20N6O. The number of ether oxygens (including phenoxy) is 1. The molecule has 7 heteroatoms. The molecule has 0 fully saturated rings. The first-order valence-corrected chi connectivity index (χ1v) is 6.33. The molecule has 0 atom stereocenters. The quantitative estimate of drug-likeness (QED) is 0.817. The lowest BCUT2D eigenvalue weighted by atomic mass is 10.4. The number of rotatable bonds is 6. The monoisotopic (exact) mass is 264 g/mol. The molecule has 0 aliphatic carbocycles. The molecule has 2 rings (SSSR count). The Balaban J connectivity index is 2.19. The van der Waals surface area contributed by atoms with Crippen molar-refractivity contribution in [3.8, 4) is 0 Å². The minimum Gasteiger partial charge on any atom is -0.377 e. The van der Waals surface area contributed by atoms with E-state index < -0.39 is 0 Å². The molecule has 7 nitrogen and oxygen atoms in total. The van der Waals surface area contributed by atoms with Crippen LogP contribution in [-0.4, -0.2) is 53.3 Å². The Morgan fingerprint density at radius 3 is 2.89 bits per heavy atom. The second-order valence-electron chi connectivity index (χ2n) is 4.56. The maximum atomic E-state index is 5.56. The number of hydrogen-bond acceptors (Lipinski definition) is 6. The average molecular weight is 264 g/mol. The zero-order chi connectivity index (χ0) is 13.8. The predicted molar refractivity (Wildman–Crippen MR) is 75.6 cm³/mol. The summed E-state index contributed by atoms with van der Waals surface area (Å²) in [6.45, 7) is 5.46. The Morgan fingerprint density at radius 2 is 2.21 bits per heavy atom. The maximum absolute atomic E-state index is 5.56. The minimum absolute atomic E-state index is 0.235. The lowest BCUT2D eigenvalue weighted by Gasteiger charge is -2.19. The number of aromatic nitrogens is 4. The summed E-state index contributed by atoms with van der Waals surface area (Å²) in [5.74, 6) is 1.38. The van der Waals surface area contributed by atoms with E-state index in [4.69, 9.17) is 4.74 Å². The SMILES string of the molecule is CNc1nc(N(C)CCOC(C)C)c2[nH]cnc2n1. The van der Waals surface area contributed by atoms with Crippen LogP contribution < -0.4 is 10.2 Å². The Hall–Kier alpha value is -1.89. The Bertz CT molecular complexity index is 538. The van der Waals surface area contributed by atoms with Crippen LogP contribution in [0.25, 0.3) is 11.2 Å². The average Bonchev–Trinajstić information content (AvgIpc) is 2.84. The van der Waals surface area contributed by atoms with Crippen molar-refractivity contribution in [3.05, 3.63) is 6.33 Å². The number of nitrogens with one attached hydrogen (secondary N) is 2. The summed E-state index contributed by atoms with van der Waals surface area (Å²) in [6.07, 6.45) is 1.86. The first-order chi connectivity index (χ1) is 9.11. The zero-order valence-corrected chi connectivity index (χ0v) is 11.8. The van der Waals surface area contributed by atoms with Gasteiger partial charge in [-0.15, -0.1) is 0 Å². The number of aromatic amines is 1. The van der Waals surface area contributed by atoms with E-state index in [1.54, 1.807) is 13.4 Å². The van der Waals surface area contributed by atoms with Crippen molar-refractivity contribution >= 4 is 22.9 Å². The van der Waals surface area contributed by atoms with Gasteiger partial charge in [0, 0.05) is 20.6 Å². The van der Waals surface area contributed by atoms with Gasteiger partial charge in [0.15, 0.2) is 11.5 Å². The molecule has 0 aliphatic heterocycles. The molecule has 19 heavy (non-hydrogen) atoms. The van der Waals surface area contributed by atoms with Gasteiger partial charge in [0.2, 0.25) is 5.95 Å². The second-order valence-corrected chi connectivity index (χ2v) is 4.56. The van der Waals surface area contributed by atoms with E-state index in [-0.39, 0.29) is 6.10 Å². The smallest absolute Gasteiger partial charge is 0.226 e. The molecule has 0 aliphatic rings. The van der Waals surface area contributed by atoms with E-state index in [0.29, 0.717) is 18.2 Å². The van der Waals surface area contributed by atoms with E-state index >= 15 is 0 Å². The van der Waals surface area contributed by atoms with Crippen LogP contribution in [0.2, 0.25) is 0 Å². The number of likely N-dealkylation sites (N-methyl/N-ethyl adjacent to an activating group) is 1. The van der Waals surface area contributed by atoms with Crippen LogP contribution in [0.5, 0.6) is 0 Å². The summed E-state index contributed by atoms with van der Waals surface area (Å²) in [4.78, 5) is 18.0. The molecule has 0 saturated carbocycles. The Morgan fingerprint density at radius 1 is 1.42 bits per heavy atom. The zero-order valence-electron chi connectivity index (χ0n) is 11.8. The molecule has 2 N–H and O–H groups in total. The summed E-state index contributed by atoms with van der Waals surface area (Å²) in [7, 11) is 3.77. The highest BCUT2D eigenvalue weighted by Crippen LogP contribution is 2.21. The second kappa shape index (κ2) is 5.83. The van der Waals surface area contributed by atoms with Crippen molar-refractivity contribution in [2.75, 3.05) is 37.5 Å². The normalized spacial score (nSPS) is 11.2. The van der Waals surface area contributed by atoms with Crippen LogP contribution in [0.15, 0.2) is 6.33 Å². The van der Waals surface area contributed by atoms with Crippen molar-refractivity contribution in [3.63, 3.8) is 0 Å². The first-order valence-electron chi connectivity index (χ1n) is 6.33. The van der Waals surface area contributed by atoms with E-state index in [0.717, 1.165) is 17.9 Å². The van der Waals surface area contributed by atoms with Crippen LogP contribution in [0.4, 0.5) is 11.8 Å². The summed E-state index contributed by atoms with van der Waals surface area (Å²) < 4.78 is 5.56. The molecule has 0 spiro atoms. The first kappa shape index (κ1) is 13.5. The third-order valence-corrected chi connectivity index (χ3v) is 2.73. The molecule has 2 aromatic rings. The van der Waals surface area contributed by atoms with Gasteiger partial charge in [0.25, 0.3) is 0 Å². The number of fused-ring (bicyclic) bond motifs is 1. The Labute approximate surface area is 112 Å². The van der Waals surface area contributed by atoms with Crippen LogP contribution >= 0.6 is 0 Å². The van der Waals surface area contributed by atoms with Gasteiger partial charge >= 0.3 is 0 Å². The Kier molecular flexibility index (Phi) is 4.16. The number of hydrogen-bond donors (Lipinski definition) is 2. The van der Waals surface area contributed by atoms with Crippen molar-refractivity contribution < 1.29 is 4.74 Å². The lowest BCUT2D eigenvalue weighted by Crippen LogP contribution is -2.25. The number of H-pyrrole nitrogens is 1. The summed E-state index contributed by atoms with van der Waals surface area (Å²) in [5.41, 5.74) is 1.50. The van der Waals surface area contributed by atoms with Gasteiger partial charge in [-0.2, -0.15) is 9.97 Å². The van der Waals surface area contributed by atoms with Gasteiger partial charge in [-0.3, -0.25) is 0 Å². The van der Waals surface area contributed by atoms with Gasteiger partial charge in [-0.25, -0.2) is 4.98 Å². The minimum atomic E-state index is 0.235. The fraction of sp³-hybridized carbons (Fsp3) is 0.583. The summed E-state index contributed by atoms with van der Waals surface area (Å²) >= 11 is 0. The standard InChI is InChI=1S/C12H20N6O/c1-8(2)19-6-5-18(4)11-9-10(15-7-14-9)16-12(13-3)17-11/h7-8H,5-6H2,1-4H3,(H2,13,14,15,16,17). The third kappa shape index (κ3) is 3.11. The van der Waals surface area contributed by atoms with Crippen LogP contribution in [0, 0.1) is 0 Å². The lowest BCUT2D eigenvalue weighted by molar-refractivity contribution is 0.0845. The molecule has 0 saturated heterocycles. The summed E-state index contributed by atoms with van der Waals surface area (Å²) in [6, 6.07) is 0. The van der Waals surface area contributed by atoms with Crippen LogP contribution in [0.3, 0.4) is 0 Å². The van der Waals surface area contributed by atoms with Gasteiger partial charge in [-0.05, 0) is 13.8 Å². The maximum Gasteiger partial charge on any atom is 0.226 e. The highest BCUT2D eigenvalue weighted by atomic mass is 16.5. The molecule has 0 amide bonds. The third-order valence-electron chi connectivity index (χ3n) is 2.73. The van der Waals surface area contributed by atoms with Gasteiger partial charge in [0.1, 0.15) is 5.52 Å².